The molecule has 1 aromatic rings. The molecule has 2 N–H and O–H groups in total. The van der Waals surface area contributed by atoms with Gasteiger partial charge in [-0.3, -0.25) is 9.69 Å². The molecule has 23 heavy (non-hydrogen) atoms. The highest BCUT2D eigenvalue weighted by molar-refractivity contribution is 5.95. The summed E-state index contributed by atoms with van der Waals surface area (Å²) in [6.45, 7) is 7.38. The van der Waals surface area contributed by atoms with Crippen LogP contribution in [0.15, 0.2) is 24.3 Å². The van der Waals surface area contributed by atoms with Gasteiger partial charge >= 0.3 is 0 Å². The van der Waals surface area contributed by atoms with Crippen molar-refractivity contribution in [1.82, 2.24) is 9.80 Å². The Labute approximate surface area is 150 Å². The average Bonchev–Trinajstić information content (AvgIpc) is 2.89. The van der Waals surface area contributed by atoms with Gasteiger partial charge in [-0.25, -0.2) is 0 Å². The largest absolute Gasteiger partial charge is 0.399 e. The molecule has 2 fully saturated rings. The number of rotatable bonds is 2. The van der Waals surface area contributed by atoms with E-state index in [1.807, 2.05) is 17.0 Å². The van der Waals surface area contributed by atoms with Gasteiger partial charge in [0.05, 0.1) is 13.2 Å². The fourth-order valence-corrected chi connectivity index (χ4v) is 3.35. The first-order valence-corrected chi connectivity index (χ1v) is 7.62. The lowest BCUT2D eigenvalue weighted by atomic mass is 10.0. The van der Waals surface area contributed by atoms with Crippen LogP contribution in [0.25, 0.3) is 0 Å². The molecular formula is C16H25Cl2N3O2. The summed E-state index contributed by atoms with van der Waals surface area (Å²) in [6.07, 6.45) is 0. The molecule has 2 atom stereocenters. The van der Waals surface area contributed by atoms with Crippen LogP contribution in [-0.4, -0.2) is 61.1 Å². The number of morpholine rings is 1. The molecule has 3 rings (SSSR count). The van der Waals surface area contributed by atoms with E-state index < -0.39 is 0 Å². The van der Waals surface area contributed by atoms with Crippen LogP contribution in [0.4, 0.5) is 5.69 Å². The normalized spacial score (nSPS) is 24.7. The zero-order valence-electron chi connectivity index (χ0n) is 13.3. The Bertz CT molecular complexity index is 524. The summed E-state index contributed by atoms with van der Waals surface area (Å²) in [5.74, 6) is 0.581. The minimum atomic E-state index is 0. The summed E-state index contributed by atoms with van der Waals surface area (Å²) in [5, 5.41) is 0. The summed E-state index contributed by atoms with van der Waals surface area (Å²) in [7, 11) is 0. The number of anilines is 1. The summed E-state index contributed by atoms with van der Waals surface area (Å²) in [6, 6.07) is 7.68. The Morgan fingerprint density at radius 2 is 1.91 bits per heavy atom. The van der Waals surface area contributed by atoms with Gasteiger partial charge < -0.3 is 15.4 Å². The zero-order valence-corrected chi connectivity index (χ0v) is 14.9. The molecule has 2 saturated heterocycles. The van der Waals surface area contributed by atoms with Gasteiger partial charge in [-0.2, -0.15) is 0 Å². The highest BCUT2D eigenvalue weighted by atomic mass is 35.5. The predicted octanol–water partition coefficient (Wildman–Crippen LogP) is 1.91. The maximum Gasteiger partial charge on any atom is 0.253 e. The molecule has 0 aliphatic carbocycles. The van der Waals surface area contributed by atoms with Crippen LogP contribution in [-0.2, 0) is 4.74 Å². The molecular weight excluding hydrogens is 337 g/mol. The SMILES string of the molecule is CC1CN(C(=O)c2cccc(N)c2)CC1N1CCOCC1.Cl.Cl. The number of amides is 1. The first-order chi connectivity index (χ1) is 10.1. The third kappa shape index (κ3) is 4.51. The minimum Gasteiger partial charge on any atom is -0.399 e. The summed E-state index contributed by atoms with van der Waals surface area (Å²) in [5.41, 5.74) is 7.10. The number of hydrogen-bond donors (Lipinski definition) is 1. The molecule has 5 nitrogen and oxygen atoms in total. The summed E-state index contributed by atoms with van der Waals surface area (Å²) < 4.78 is 5.42. The molecule has 2 aliphatic rings. The number of nitrogen functional groups attached to an aromatic ring is 1. The van der Waals surface area contributed by atoms with Gasteiger partial charge in [-0.05, 0) is 24.1 Å². The number of hydrogen-bond acceptors (Lipinski definition) is 4. The van der Waals surface area contributed by atoms with E-state index in [1.165, 1.54) is 0 Å². The van der Waals surface area contributed by atoms with Gasteiger partial charge in [0.15, 0.2) is 0 Å². The van der Waals surface area contributed by atoms with Gasteiger partial charge in [-0.15, -0.1) is 24.8 Å². The number of carbonyl (C=O) groups is 1. The van der Waals surface area contributed by atoms with Crippen molar-refractivity contribution in [1.29, 1.82) is 0 Å². The van der Waals surface area contributed by atoms with Crippen molar-refractivity contribution in [3.8, 4) is 0 Å². The maximum absolute atomic E-state index is 12.6. The predicted molar refractivity (Wildman–Crippen MR) is 96.6 cm³/mol. The molecule has 0 bridgehead atoms. The van der Waals surface area contributed by atoms with Crippen LogP contribution < -0.4 is 5.73 Å². The lowest BCUT2D eigenvalue weighted by Gasteiger charge is -2.34. The van der Waals surface area contributed by atoms with Crippen LogP contribution in [0.3, 0.4) is 0 Å². The standard InChI is InChI=1S/C16H23N3O2.2ClH/c1-12-10-19(11-15(12)18-5-7-21-8-6-18)16(20)13-3-2-4-14(17)9-13;;/h2-4,9,12,15H,5-8,10-11,17H2,1H3;2*1H. The molecule has 2 unspecified atom stereocenters. The monoisotopic (exact) mass is 361 g/mol. The molecule has 1 amide bonds. The second kappa shape index (κ2) is 8.73. The Balaban J connectivity index is 0.00000132. The highest BCUT2D eigenvalue weighted by Crippen LogP contribution is 2.24. The molecule has 0 spiro atoms. The second-order valence-corrected chi connectivity index (χ2v) is 6.03. The van der Waals surface area contributed by atoms with Crippen LogP contribution >= 0.6 is 24.8 Å². The number of carbonyl (C=O) groups excluding carboxylic acids is 1. The van der Waals surface area contributed by atoms with Gasteiger partial charge in [-0.1, -0.05) is 13.0 Å². The zero-order chi connectivity index (χ0) is 14.8. The molecule has 2 aliphatic heterocycles. The molecule has 0 saturated carbocycles. The number of halogens is 2. The van der Waals surface area contributed by atoms with Crippen LogP contribution in [0.1, 0.15) is 17.3 Å². The Kier molecular flexibility index (Phi) is 7.61. The van der Waals surface area contributed by atoms with Crippen molar-refractivity contribution in [3.63, 3.8) is 0 Å². The van der Waals surface area contributed by atoms with Crippen molar-refractivity contribution in [3.05, 3.63) is 29.8 Å². The van der Waals surface area contributed by atoms with E-state index in [-0.39, 0.29) is 30.7 Å². The third-order valence-corrected chi connectivity index (χ3v) is 4.51. The number of ether oxygens (including phenoxy) is 1. The van der Waals surface area contributed by atoms with E-state index in [0.29, 0.717) is 23.2 Å². The molecule has 7 heteroatoms. The van der Waals surface area contributed by atoms with Crippen molar-refractivity contribution < 1.29 is 9.53 Å². The Morgan fingerprint density at radius 3 is 2.57 bits per heavy atom. The Hall–Kier alpha value is -1.01. The molecule has 1 aromatic carbocycles. The van der Waals surface area contributed by atoms with Crippen LogP contribution in [0.2, 0.25) is 0 Å². The third-order valence-electron chi connectivity index (χ3n) is 4.51. The Morgan fingerprint density at radius 1 is 1.22 bits per heavy atom. The number of nitrogens with two attached hydrogens (primary N) is 1. The van der Waals surface area contributed by atoms with Gasteiger partial charge in [0.2, 0.25) is 0 Å². The van der Waals surface area contributed by atoms with E-state index in [2.05, 4.69) is 11.8 Å². The number of benzene rings is 1. The van der Waals surface area contributed by atoms with Crippen LogP contribution in [0.5, 0.6) is 0 Å². The van der Waals surface area contributed by atoms with Gasteiger partial charge in [0.25, 0.3) is 5.91 Å². The van der Waals surface area contributed by atoms with Gasteiger partial charge in [0, 0.05) is 43.5 Å². The van der Waals surface area contributed by atoms with E-state index in [0.717, 1.165) is 39.4 Å². The second-order valence-electron chi connectivity index (χ2n) is 6.03. The molecule has 130 valence electrons. The smallest absolute Gasteiger partial charge is 0.253 e. The van der Waals surface area contributed by atoms with Crippen LogP contribution in [0, 0.1) is 5.92 Å². The number of nitrogens with zero attached hydrogens (tertiary/aromatic N) is 2. The lowest BCUT2D eigenvalue weighted by molar-refractivity contribution is 0.0119. The van der Waals surface area contributed by atoms with Crippen molar-refractivity contribution in [2.24, 2.45) is 5.92 Å². The van der Waals surface area contributed by atoms with E-state index >= 15 is 0 Å². The van der Waals surface area contributed by atoms with Crippen molar-refractivity contribution in [2.75, 3.05) is 45.1 Å². The quantitative estimate of drug-likeness (QED) is 0.817. The first-order valence-electron chi connectivity index (χ1n) is 7.62. The first kappa shape index (κ1) is 20.0. The van der Waals surface area contributed by atoms with Crippen molar-refractivity contribution >= 4 is 36.4 Å². The molecule has 2 heterocycles. The minimum absolute atomic E-state index is 0. The average molecular weight is 362 g/mol. The van der Waals surface area contributed by atoms with Crippen molar-refractivity contribution in [2.45, 2.75) is 13.0 Å². The van der Waals surface area contributed by atoms with E-state index in [9.17, 15) is 4.79 Å². The number of likely N-dealkylation sites (tertiary alicyclic amines) is 1. The maximum atomic E-state index is 12.6. The molecule has 0 aromatic heterocycles. The van der Waals surface area contributed by atoms with E-state index in [1.54, 1.807) is 12.1 Å². The highest BCUT2D eigenvalue weighted by Gasteiger charge is 2.36. The fourth-order valence-electron chi connectivity index (χ4n) is 3.35. The van der Waals surface area contributed by atoms with E-state index in [4.69, 9.17) is 10.5 Å². The fraction of sp³-hybridized carbons (Fsp3) is 0.562. The summed E-state index contributed by atoms with van der Waals surface area (Å²) in [4.78, 5) is 17.0. The molecule has 0 radical (unpaired) electrons. The lowest BCUT2D eigenvalue weighted by Crippen LogP contribution is -2.47. The topological polar surface area (TPSA) is 58.8 Å². The summed E-state index contributed by atoms with van der Waals surface area (Å²) >= 11 is 0. The van der Waals surface area contributed by atoms with Gasteiger partial charge in [0.1, 0.15) is 0 Å².